The lowest BCUT2D eigenvalue weighted by Crippen LogP contribution is -2.28. The first kappa shape index (κ1) is 14.6. The second-order valence-corrected chi connectivity index (χ2v) is 6.50. The Morgan fingerprint density at radius 2 is 1.90 bits per heavy atom. The standard InChI is InChI=1S/C19H25NO/c1-2-9-19(10-11-19)14-20-13-18(21)17-8-7-15-5-3-4-6-16(15)12-17/h3-8,12,18,20-21H,2,9-11,13-14H2,1H3. The van der Waals surface area contributed by atoms with Gasteiger partial charge in [0.15, 0.2) is 0 Å². The van der Waals surface area contributed by atoms with Crippen LogP contribution in [0.15, 0.2) is 42.5 Å². The first-order valence-corrected chi connectivity index (χ1v) is 8.10. The monoisotopic (exact) mass is 283 g/mol. The van der Waals surface area contributed by atoms with E-state index in [0.29, 0.717) is 12.0 Å². The van der Waals surface area contributed by atoms with Crippen molar-refractivity contribution in [2.75, 3.05) is 13.1 Å². The van der Waals surface area contributed by atoms with Gasteiger partial charge in [0.1, 0.15) is 0 Å². The predicted octanol–water partition coefficient (Wildman–Crippen LogP) is 4.04. The molecular weight excluding hydrogens is 258 g/mol. The highest BCUT2D eigenvalue weighted by Crippen LogP contribution is 2.48. The van der Waals surface area contributed by atoms with Crippen molar-refractivity contribution in [3.8, 4) is 0 Å². The number of nitrogens with one attached hydrogen (secondary N) is 1. The summed E-state index contributed by atoms with van der Waals surface area (Å²) >= 11 is 0. The van der Waals surface area contributed by atoms with E-state index in [-0.39, 0.29) is 0 Å². The van der Waals surface area contributed by atoms with Gasteiger partial charge in [0.05, 0.1) is 6.10 Å². The number of hydrogen-bond donors (Lipinski definition) is 2. The fourth-order valence-corrected chi connectivity index (χ4v) is 3.23. The van der Waals surface area contributed by atoms with Crippen LogP contribution in [0.2, 0.25) is 0 Å². The zero-order valence-corrected chi connectivity index (χ0v) is 12.8. The molecule has 1 saturated carbocycles. The smallest absolute Gasteiger partial charge is 0.0914 e. The van der Waals surface area contributed by atoms with Gasteiger partial charge in [-0.05, 0) is 47.1 Å². The molecule has 2 heteroatoms. The van der Waals surface area contributed by atoms with E-state index in [1.54, 1.807) is 0 Å². The SMILES string of the molecule is CCCC1(CNCC(O)c2ccc3ccccc3c2)CC1. The molecule has 1 aliphatic rings. The van der Waals surface area contributed by atoms with Gasteiger partial charge in [-0.2, -0.15) is 0 Å². The van der Waals surface area contributed by atoms with Crippen LogP contribution < -0.4 is 5.32 Å². The number of rotatable bonds is 7. The minimum atomic E-state index is -0.424. The van der Waals surface area contributed by atoms with E-state index in [0.717, 1.165) is 12.1 Å². The predicted molar refractivity (Wildman–Crippen MR) is 88.4 cm³/mol. The topological polar surface area (TPSA) is 32.3 Å². The fourth-order valence-electron chi connectivity index (χ4n) is 3.23. The highest BCUT2D eigenvalue weighted by Gasteiger charge is 2.40. The van der Waals surface area contributed by atoms with Gasteiger partial charge >= 0.3 is 0 Å². The summed E-state index contributed by atoms with van der Waals surface area (Å²) in [5.74, 6) is 0. The summed E-state index contributed by atoms with van der Waals surface area (Å²) in [4.78, 5) is 0. The number of benzene rings is 2. The second-order valence-electron chi connectivity index (χ2n) is 6.50. The molecule has 1 unspecified atom stereocenters. The molecule has 0 amide bonds. The molecule has 3 rings (SSSR count). The minimum Gasteiger partial charge on any atom is -0.387 e. The van der Waals surface area contributed by atoms with Crippen LogP contribution in [0.5, 0.6) is 0 Å². The first-order chi connectivity index (χ1) is 10.2. The Labute approximate surface area is 127 Å². The summed E-state index contributed by atoms with van der Waals surface area (Å²) in [7, 11) is 0. The second kappa shape index (κ2) is 6.17. The molecule has 2 N–H and O–H groups in total. The van der Waals surface area contributed by atoms with Gasteiger partial charge < -0.3 is 10.4 Å². The third kappa shape index (κ3) is 3.45. The molecular formula is C19H25NO. The Hall–Kier alpha value is -1.38. The molecule has 112 valence electrons. The zero-order valence-electron chi connectivity index (χ0n) is 12.8. The van der Waals surface area contributed by atoms with Crippen molar-refractivity contribution >= 4 is 10.8 Å². The first-order valence-electron chi connectivity index (χ1n) is 8.10. The van der Waals surface area contributed by atoms with E-state index >= 15 is 0 Å². The third-order valence-electron chi connectivity index (χ3n) is 4.73. The molecule has 1 aliphatic carbocycles. The van der Waals surface area contributed by atoms with Crippen LogP contribution >= 0.6 is 0 Å². The molecule has 0 saturated heterocycles. The van der Waals surface area contributed by atoms with E-state index in [4.69, 9.17) is 0 Å². The van der Waals surface area contributed by atoms with Crippen molar-refractivity contribution in [2.45, 2.75) is 38.7 Å². The Bertz CT molecular complexity index is 603. The van der Waals surface area contributed by atoms with Crippen LogP contribution in [-0.2, 0) is 0 Å². The lowest BCUT2D eigenvalue weighted by molar-refractivity contribution is 0.171. The van der Waals surface area contributed by atoms with Crippen LogP contribution in [0.1, 0.15) is 44.3 Å². The minimum absolute atomic E-state index is 0.424. The Kier molecular flexibility index (Phi) is 4.27. The molecule has 21 heavy (non-hydrogen) atoms. The van der Waals surface area contributed by atoms with E-state index in [1.807, 2.05) is 18.2 Å². The average molecular weight is 283 g/mol. The molecule has 1 fully saturated rings. The van der Waals surface area contributed by atoms with Gasteiger partial charge in [0.2, 0.25) is 0 Å². The van der Waals surface area contributed by atoms with E-state index < -0.39 is 6.10 Å². The summed E-state index contributed by atoms with van der Waals surface area (Å²) in [6, 6.07) is 14.5. The van der Waals surface area contributed by atoms with Gasteiger partial charge in [-0.15, -0.1) is 0 Å². The molecule has 2 nitrogen and oxygen atoms in total. The van der Waals surface area contributed by atoms with Crippen molar-refractivity contribution in [1.29, 1.82) is 0 Å². The average Bonchev–Trinajstić information content (AvgIpc) is 3.27. The summed E-state index contributed by atoms with van der Waals surface area (Å²) < 4.78 is 0. The van der Waals surface area contributed by atoms with Gasteiger partial charge in [0, 0.05) is 13.1 Å². The molecule has 0 heterocycles. The van der Waals surface area contributed by atoms with Gasteiger partial charge in [-0.1, -0.05) is 49.7 Å². The zero-order chi connectivity index (χ0) is 14.7. The van der Waals surface area contributed by atoms with Crippen molar-refractivity contribution < 1.29 is 5.11 Å². The quantitative estimate of drug-likeness (QED) is 0.803. The Morgan fingerprint density at radius 3 is 2.62 bits per heavy atom. The molecule has 0 bridgehead atoms. The number of aliphatic hydroxyl groups is 1. The molecule has 0 aliphatic heterocycles. The van der Waals surface area contributed by atoms with Crippen LogP contribution in [-0.4, -0.2) is 18.2 Å². The summed E-state index contributed by atoms with van der Waals surface area (Å²) in [6.45, 7) is 3.94. The Morgan fingerprint density at radius 1 is 1.14 bits per heavy atom. The van der Waals surface area contributed by atoms with Crippen LogP contribution in [0.25, 0.3) is 10.8 Å². The molecule has 0 spiro atoms. The van der Waals surface area contributed by atoms with Crippen molar-refractivity contribution in [2.24, 2.45) is 5.41 Å². The number of aliphatic hydroxyl groups excluding tert-OH is 1. The third-order valence-corrected chi connectivity index (χ3v) is 4.73. The highest BCUT2D eigenvalue weighted by molar-refractivity contribution is 5.83. The number of hydrogen-bond acceptors (Lipinski definition) is 2. The fraction of sp³-hybridized carbons (Fsp3) is 0.474. The molecule has 0 radical (unpaired) electrons. The van der Waals surface area contributed by atoms with E-state index in [9.17, 15) is 5.11 Å². The molecule has 2 aromatic carbocycles. The van der Waals surface area contributed by atoms with Crippen molar-refractivity contribution in [3.63, 3.8) is 0 Å². The molecule has 1 atom stereocenters. The largest absolute Gasteiger partial charge is 0.387 e. The highest BCUT2D eigenvalue weighted by atomic mass is 16.3. The lowest BCUT2D eigenvalue weighted by atomic mass is 10.00. The summed E-state index contributed by atoms with van der Waals surface area (Å²) in [6.07, 6.45) is 4.84. The number of fused-ring (bicyclic) bond motifs is 1. The lowest BCUT2D eigenvalue weighted by Gasteiger charge is -2.18. The molecule has 0 aromatic heterocycles. The van der Waals surface area contributed by atoms with Crippen molar-refractivity contribution in [3.05, 3.63) is 48.0 Å². The summed E-state index contributed by atoms with van der Waals surface area (Å²) in [5.41, 5.74) is 1.54. The van der Waals surface area contributed by atoms with Crippen LogP contribution in [0.4, 0.5) is 0 Å². The van der Waals surface area contributed by atoms with Gasteiger partial charge in [0.25, 0.3) is 0 Å². The van der Waals surface area contributed by atoms with Gasteiger partial charge in [-0.25, -0.2) is 0 Å². The van der Waals surface area contributed by atoms with Crippen LogP contribution in [0, 0.1) is 5.41 Å². The molecule has 2 aromatic rings. The van der Waals surface area contributed by atoms with Crippen molar-refractivity contribution in [1.82, 2.24) is 5.32 Å². The normalized spacial score (nSPS) is 17.8. The Balaban J connectivity index is 1.58. The maximum Gasteiger partial charge on any atom is 0.0914 e. The maximum absolute atomic E-state index is 10.4. The van der Waals surface area contributed by atoms with Crippen LogP contribution in [0.3, 0.4) is 0 Å². The van der Waals surface area contributed by atoms with E-state index in [2.05, 4.69) is 36.5 Å². The van der Waals surface area contributed by atoms with Gasteiger partial charge in [-0.3, -0.25) is 0 Å². The van der Waals surface area contributed by atoms with E-state index in [1.165, 1.54) is 36.5 Å². The maximum atomic E-state index is 10.4. The summed E-state index contributed by atoms with van der Waals surface area (Å²) in [5, 5.41) is 16.3.